The van der Waals surface area contributed by atoms with E-state index in [9.17, 15) is 0 Å². The number of nitrogens with zero attached hydrogens (tertiary/aromatic N) is 1. The molecule has 0 unspecified atom stereocenters. The molecule has 18 heavy (non-hydrogen) atoms. The maximum absolute atomic E-state index is 6.02. The molecule has 3 nitrogen and oxygen atoms in total. The lowest BCUT2D eigenvalue weighted by atomic mass is 10.2. The lowest BCUT2D eigenvalue weighted by molar-refractivity contribution is 0.415. The molecule has 0 aliphatic heterocycles. The third-order valence-corrected chi connectivity index (χ3v) is 2.99. The Morgan fingerprint density at radius 1 is 1.11 bits per heavy atom. The van der Waals surface area contributed by atoms with Crippen molar-refractivity contribution in [3.8, 4) is 5.75 Å². The second-order valence-corrected chi connectivity index (χ2v) is 4.32. The monoisotopic (exact) mass is 242 g/mol. The molecule has 0 bridgehead atoms. The second-order valence-electron chi connectivity index (χ2n) is 4.32. The number of rotatable bonds is 3. The van der Waals surface area contributed by atoms with Crippen LogP contribution in [0.5, 0.6) is 5.75 Å². The molecule has 0 aliphatic rings. The molecule has 0 aromatic heterocycles. The number of nitrogens with two attached hydrogens (primary N) is 1. The van der Waals surface area contributed by atoms with Gasteiger partial charge in [0.05, 0.1) is 18.5 Å². The van der Waals surface area contributed by atoms with Crippen molar-refractivity contribution in [3.05, 3.63) is 48.0 Å². The molecule has 0 aliphatic carbocycles. The summed E-state index contributed by atoms with van der Waals surface area (Å²) in [4.78, 5) is 2.06. The highest BCUT2D eigenvalue weighted by Crippen LogP contribution is 2.32. The van der Waals surface area contributed by atoms with Crippen LogP contribution in [0, 0.1) is 6.92 Å². The highest BCUT2D eigenvalue weighted by Gasteiger charge is 2.09. The van der Waals surface area contributed by atoms with Crippen molar-refractivity contribution in [1.29, 1.82) is 0 Å². The molecule has 0 fully saturated rings. The summed E-state index contributed by atoms with van der Waals surface area (Å²) in [5.41, 5.74) is 10.0. The van der Waals surface area contributed by atoms with Gasteiger partial charge in [-0.2, -0.15) is 0 Å². The van der Waals surface area contributed by atoms with Crippen LogP contribution in [0.3, 0.4) is 0 Å². The van der Waals surface area contributed by atoms with Crippen molar-refractivity contribution in [2.75, 3.05) is 24.8 Å². The van der Waals surface area contributed by atoms with E-state index >= 15 is 0 Å². The van der Waals surface area contributed by atoms with Crippen molar-refractivity contribution in [2.45, 2.75) is 6.92 Å². The lowest BCUT2D eigenvalue weighted by Gasteiger charge is -2.22. The van der Waals surface area contributed by atoms with Gasteiger partial charge >= 0.3 is 0 Å². The zero-order chi connectivity index (χ0) is 13.1. The van der Waals surface area contributed by atoms with E-state index in [4.69, 9.17) is 10.5 Å². The summed E-state index contributed by atoms with van der Waals surface area (Å²) in [6, 6.07) is 14.0. The standard InChI is InChI=1S/C15H18N2O/c1-11-5-4-6-12(9-11)17(2)15-10-13(18-3)7-8-14(15)16/h4-10H,16H2,1-3H3. The lowest BCUT2D eigenvalue weighted by Crippen LogP contribution is -2.11. The van der Waals surface area contributed by atoms with Crippen molar-refractivity contribution in [2.24, 2.45) is 0 Å². The fraction of sp³-hybridized carbons (Fsp3) is 0.200. The second kappa shape index (κ2) is 5.00. The average molecular weight is 242 g/mol. The Kier molecular flexibility index (Phi) is 3.42. The van der Waals surface area contributed by atoms with Gasteiger partial charge in [0.1, 0.15) is 5.75 Å². The first-order valence-corrected chi connectivity index (χ1v) is 5.85. The third-order valence-electron chi connectivity index (χ3n) is 2.99. The molecule has 2 rings (SSSR count). The first-order chi connectivity index (χ1) is 8.61. The fourth-order valence-corrected chi connectivity index (χ4v) is 1.92. The molecule has 2 N–H and O–H groups in total. The van der Waals surface area contributed by atoms with Gasteiger partial charge in [0.2, 0.25) is 0 Å². The summed E-state index contributed by atoms with van der Waals surface area (Å²) in [7, 11) is 3.65. The highest BCUT2D eigenvalue weighted by molar-refractivity contribution is 5.75. The van der Waals surface area contributed by atoms with Crippen LogP contribution in [-0.2, 0) is 0 Å². The molecule has 0 amide bonds. The normalized spacial score (nSPS) is 10.2. The van der Waals surface area contributed by atoms with E-state index in [0.29, 0.717) is 0 Å². The minimum absolute atomic E-state index is 0.736. The van der Waals surface area contributed by atoms with Crippen molar-refractivity contribution in [1.82, 2.24) is 0 Å². The van der Waals surface area contributed by atoms with Gasteiger partial charge in [-0.25, -0.2) is 0 Å². The molecule has 2 aromatic rings. The molecule has 0 spiro atoms. The van der Waals surface area contributed by atoms with Crippen LogP contribution >= 0.6 is 0 Å². The fourth-order valence-electron chi connectivity index (χ4n) is 1.92. The van der Waals surface area contributed by atoms with Crippen LogP contribution in [0.15, 0.2) is 42.5 Å². The summed E-state index contributed by atoms with van der Waals surface area (Å²) >= 11 is 0. The van der Waals surface area contributed by atoms with Crippen molar-refractivity contribution < 1.29 is 4.74 Å². The molecule has 3 heteroatoms. The number of anilines is 3. The van der Waals surface area contributed by atoms with E-state index in [1.807, 2.05) is 31.3 Å². The molecule has 0 atom stereocenters. The zero-order valence-electron chi connectivity index (χ0n) is 11.0. The van der Waals surface area contributed by atoms with Gasteiger partial charge in [0.15, 0.2) is 0 Å². The average Bonchev–Trinajstić information content (AvgIpc) is 2.38. The van der Waals surface area contributed by atoms with Gasteiger partial charge in [0.25, 0.3) is 0 Å². The predicted octanol–water partition coefficient (Wildman–Crippen LogP) is 3.35. The van der Waals surface area contributed by atoms with E-state index in [0.717, 1.165) is 22.8 Å². The van der Waals surface area contributed by atoms with Crippen molar-refractivity contribution >= 4 is 17.1 Å². The number of aryl methyl sites for hydroxylation is 1. The van der Waals surface area contributed by atoms with Crippen LogP contribution in [-0.4, -0.2) is 14.2 Å². The minimum Gasteiger partial charge on any atom is -0.497 e. The zero-order valence-corrected chi connectivity index (χ0v) is 11.0. The molecular formula is C15H18N2O. The number of nitrogen functional groups attached to an aromatic ring is 1. The first kappa shape index (κ1) is 12.3. The van der Waals surface area contributed by atoms with E-state index < -0.39 is 0 Å². The predicted molar refractivity (Wildman–Crippen MR) is 76.6 cm³/mol. The molecule has 2 aromatic carbocycles. The Morgan fingerprint density at radius 2 is 1.89 bits per heavy atom. The molecule has 0 radical (unpaired) electrons. The molecule has 94 valence electrons. The van der Waals surface area contributed by atoms with Gasteiger partial charge in [-0.1, -0.05) is 12.1 Å². The number of hydrogen-bond acceptors (Lipinski definition) is 3. The van der Waals surface area contributed by atoms with Gasteiger partial charge < -0.3 is 15.4 Å². The third kappa shape index (κ3) is 2.40. The number of methoxy groups -OCH3 is 1. The van der Waals surface area contributed by atoms with E-state index in [2.05, 4.69) is 30.0 Å². The van der Waals surface area contributed by atoms with E-state index in [-0.39, 0.29) is 0 Å². The molecule has 0 saturated carbocycles. The van der Waals surface area contributed by atoms with Crippen LogP contribution < -0.4 is 15.4 Å². The Balaban J connectivity index is 2.41. The van der Waals surface area contributed by atoms with Gasteiger partial charge in [0, 0.05) is 18.8 Å². The van der Waals surface area contributed by atoms with Crippen LogP contribution in [0.2, 0.25) is 0 Å². The summed E-state index contributed by atoms with van der Waals surface area (Å²) in [5.74, 6) is 0.804. The van der Waals surface area contributed by atoms with Crippen LogP contribution in [0.25, 0.3) is 0 Å². The van der Waals surface area contributed by atoms with Gasteiger partial charge in [-0.05, 0) is 36.8 Å². The van der Waals surface area contributed by atoms with Gasteiger partial charge in [-0.15, -0.1) is 0 Å². The largest absolute Gasteiger partial charge is 0.497 e. The number of ether oxygens (including phenoxy) is 1. The van der Waals surface area contributed by atoms with E-state index in [1.54, 1.807) is 7.11 Å². The highest BCUT2D eigenvalue weighted by atomic mass is 16.5. The maximum Gasteiger partial charge on any atom is 0.121 e. The molecule has 0 heterocycles. The quantitative estimate of drug-likeness (QED) is 0.839. The molecular weight excluding hydrogens is 224 g/mol. The smallest absolute Gasteiger partial charge is 0.121 e. The Bertz CT molecular complexity index is 552. The summed E-state index contributed by atoms with van der Waals surface area (Å²) in [6.45, 7) is 2.08. The number of hydrogen-bond donors (Lipinski definition) is 1. The first-order valence-electron chi connectivity index (χ1n) is 5.85. The minimum atomic E-state index is 0.736. The van der Waals surface area contributed by atoms with Crippen molar-refractivity contribution in [3.63, 3.8) is 0 Å². The maximum atomic E-state index is 6.02. The number of benzene rings is 2. The van der Waals surface area contributed by atoms with Crippen LogP contribution in [0.4, 0.5) is 17.1 Å². The summed E-state index contributed by atoms with van der Waals surface area (Å²) in [5, 5.41) is 0. The Morgan fingerprint density at radius 3 is 2.56 bits per heavy atom. The SMILES string of the molecule is COc1ccc(N)c(N(C)c2cccc(C)c2)c1. The van der Waals surface area contributed by atoms with E-state index in [1.165, 1.54) is 5.56 Å². The Labute approximate surface area is 108 Å². The van der Waals surface area contributed by atoms with Crippen LogP contribution in [0.1, 0.15) is 5.56 Å². The summed E-state index contributed by atoms with van der Waals surface area (Å²) in [6.07, 6.45) is 0. The Hall–Kier alpha value is -2.16. The topological polar surface area (TPSA) is 38.5 Å². The molecule has 0 saturated heterocycles. The van der Waals surface area contributed by atoms with Gasteiger partial charge in [-0.3, -0.25) is 0 Å². The summed E-state index contributed by atoms with van der Waals surface area (Å²) < 4.78 is 5.24.